The zero-order valence-corrected chi connectivity index (χ0v) is 19.1. The molecule has 1 saturated carbocycles. The zero-order chi connectivity index (χ0) is 24.1. The highest BCUT2D eigenvalue weighted by Gasteiger charge is 2.56. The van der Waals surface area contributed by atoms with Crippen molar-refractivity contribution in [3.05, 3.63) is 52.6 Å². The highest BCUT2D eigenvalue weighted by atomic mass is 35.5. The van der Waals surface area contributed by atoms with Crippen molar-refractivity contribution >= 4 is 69.6 Å². The van der Waals surface area contributed by atoms with Gasteiger partial charge in [-0.15, -0.1) is 23.2 Å². The van der Waals surface area contributed by atoms with Gasteiger partial charge >= 0.3 is 0 Å². The fourth-order valence-electron chi connectivity index (χ4n) is 3.11. The summed E-state index contributed by atoms with van der Waals surface area (Å²) in [7, 11) is 0. The zero-order valence-electron chi connectivity index (χ0n) is 16.8. The van der Waals surface area contributed by atoms with Crippen LogP contribution in [0.3, 0.4) is 0 Å². The average molecular weight is 519 g/mol. The summed E-state index contributed by atoms with van der Waals surface area (Å²) >= 11 is 17.9. The van der Waals surface area contributed by atoms with Crippen LogP contribution in [0.15, 0.2) is 30.3 Å². The van der Waals surface area contributed by atoms with Gasteiger partial charge in [0, 0.05) is 5.69 Å². The van der Waals surface area contributed by atoms with Gasteiger partial charge in [0.05, 0.1) is 28.3 Å². The molecule has 1 aliphatic carbocycles. The predicted octanol–water partition coefficient (Wildman–Crippen LogP) is 4.73. The summed E-state index contributed by atoms with van der Waals surface area (Å²) in [5.74, 6) is -4.74. The molecule has 3 atom stereocenters. The Kier molecular flexibility index (Phi) is 6.26. The Morgan fingerprint density at radius 1 is 1.06 bits per heavy atom. The lowest BCUT2D eigenvalue weighted by molar-refractivity contribution is -0.118. The van der Waals surface area contributed by atoms with Gasteiger partial charge in [0.1, 0.15) is 15.8 Å². The highest BCUT2D eigenvalue weighted by Crippen LogP contribution is 2.53. The Balaban J connectivity index is 1.50. The van der Waals surface area contributed by atoms with E-state index in [-0.39, 0.29) is 28.1 Å². The van der Waals surface area contributed by atoms with Crippen molar-refractivity contribution in [2.24, 2.45) is 5.92 Å². The van der Waals surface area contributed by atoms with Gasteiger partial charge in [-0.2, -0.15) is 0 Å². The molecule has 7 nitrogen and oxygen atoms in total. The van der Waals surface area contributed by atoms with Gasteiger partial charge in [-0.25, -0.2) is 8.78 Å². The maximum absolute atomic E-state index is 14.8. The minimum atomic E-state index is -1.18. The molecule has 2 aromatic rings. The molecule has 2 aromatic carbocycles. The second kappa shape index (κ2) is 8.72. The second-order valence-electron chi connectivity index (χ2n) is 7.69. The van der Waals surface area contributed by atoms with Gasteiger partial charge < -0.3 is 20.7 Å². The lowest BCUT2D eigenvalue weighted by Crippen LogP contribution is -2.22. The quantitative estimate of drug-likeness (QED) is 0.380. The average Bonchev–Trinajstić information content (AvgIpc) is 3.64. The van der Waals surface area contributed by atoms with Crippen LogP contribution < -0.4 is 16.0 Å². The van der Waals surface area contributed by atoms with Crippen molar-refractivity contribution in [3.63, 3.8) is 0 Å². The predicted molar refractivity (Wildman–Crippen MR) is 120 cm³/mol. The topological polar surface area (TPSA) is 99.8 Å². The molecule has 4 rings (SSSR count). The van der Waals surface area contributed by atoms with Crippen LogP contribution in [0.2, 0.25) is 5.02 Å². The molecular formula is C21H16Cl3F2N3O4. The van der Waals surface area contributed by atoms with Crippen LogP contribution in [-0.4, -0.2) is 34.3 Å². The molecule has 0 radical (unpaired) electrons. The van der Waals surface area contributed by atoms with E-state index in [9.17, 15) is 23.2 Å². The van der Waals surface area contributed by atoms with Gasteiger partial charge in [0.15, 0.2) is 11.9 Å². The lowest BCUT2D eigenvalue weighted by atomic mass is 10.1. The molecule has 0 bridgehead atoms. The number of epoxide rings is 1. The summed E-state index contributed by atoms with van der Waals surface area (Å²) < 4.78 is 32.8. The normalized spacial score (nSPS) is 22.3. The number of halogens is 5. The number of rotatable bonds is 6. The second-order valence-corrected chi connectivity index (χ2v) is 9.64. The Hall–Kier alpha value is -2.46. The van der Waals surface area contributed by atoms with Gasteiger partial charge in [-0.3, -0.25) is 14.4 Å². The maximum atomic E-state index is 14.8. The third-order valence-electron chi connectivity index (χ3n) is 5.18. The number of alkyl halides is 2. The van der Waals surface area contributed by atoms with E-state index in [1.165, 1.54) is 18.2 Å². The molecule has 2 aliphatic rings. The van der Waals surface area contributed by atoms with Crippen molar-refractivity contribution in [2.75, 3.05) is 16.0 Å². The fraction of sp³-hybridized carbons (Fsp3) is 0.286. The molecule has 3 unspecified atom stereocenters. The molecule has 3 amide bonds. The van der Waals surface area contributed by atoms with Crippen LogP contribution in [0.1, 0.15) is 23.7 Å². The van der Waals surface area contributed by atoms with Crippen LogP contribution >= 0.6 is 34.8 Å². The first-order valence-electron chi connectivity index (χ1n) is 9.72. The minimum Gasteiger partial charge on any atom is -0.359 e. The number of hydrogen-bond donors (Lipinski definition) is 3. The SMILES string of the molecule is CC1OC1C(=O)Nc1c(F)ccc(NC(=O)c2cc(NC(=O)C3CC3(Cl)Cl)ccc2Cl)c1F. The van der Waals surface area contributed by atoms with Gasteiger partial charge in [0.25, 0.3) is 11.8 Å². The Bertz CT molecular complexity index is 1180. The van der Waals surface area contributed by atoms with Crippen molar-refractivity contribution in [3.8, 4) is 0 Å². The Morgan fingerprint density at radius 3 is 2.33 bits per heavy atom. The molecule has 1 heterocycles. The fourth-order valence-corrected chi connectivity index (χ4v) is 3.82. The first kappa shape index (κ1) is 23.7. The third kappa shape index (κ3) is 5.06. The number of nitrogens with one attached hydrogen (secondary N) is 3. The van der Waals surface area contributed by atoms with Crippen molar-refractivity contribution < 1.29 is 27.9 Å². The van der Waals surface area contributed by atoms with Crippen LogP contribution in [0, 0.1) is 17.6 Å². The van der Waals surface area contributed by atoms with E-state index in [1.54, 1.807) is 6.92 Å². The first-order chi connectivity index (χ1) is 15.5. The standard InChI is InChI=1S/C21H16Cl3F2N3O4/c1-8-17(33-8)20(32)29-16-13(25)4-5-14(15(16)26)28-18(30)10-6-9(2-3-12(10)22)27-19(31)11-7-21(11,23)24/h2-6,8,11,17H,7H2,1H3,(H,27,31)(H,28,30)(H,29,32). The van der Waals surface area contributed by atoms with Gasteiger partial charge in [0.2, 0.25) is 5.91 Å². The molecule has 174 valence electrons. The van der Waals surface area contributed by atoms with Crippen molar-refractivity contribution in [1.29, 1.82) is 0 Å². The number of ether oxygens (including phenoxy) is 1. The Morgan fingerprint density at radius 2 is 1.73 bits per heavy atom. The van der Waals surface area contributed by atoms with E-state index in [0.717, 1.165) is 12.1 Å². The number of benzene rings is 2. The van der Waals surface area contributed by atoms with Crippen LogP contribution in [0.4, 0.5) is 25.8 Å². The molecule has 12 heteroatoms. The summed E-state index contributed by atoms with van der Waals surface area (Å²) in [6.07, 6.45) is -0.839. The van der Waals surface area contributed by atoms with Crippen LogP contribution in [0.25, 0.3) is 0 Å². The highest BCUT2D eigenvalue weighted by molar-refractivity contribution is 6.52. The summed E-state index contributed by atoms with van der Waals surface area (Å²) in [5, 5.41) is 7.03. The van der Waals surface area contributed by atoms with E-state index in [1.807, 2.05) is 0 Å². The van der Waals surface area contributed by atoms with E-state index >= 15 is 0 Å². The lowest BCUT2D eigenvalue weighted by Gasteiger charge is -2.13. The van der Waals surface area contributed by atoms with E-state index in [2.05, 4.69) is 16.0 Å². The number of carbonyl (C=O) groups excluding carboxylic acids is 3. The summed E-state index contributed by atoms with van der Waals surface area (Å²) in [6.45, 7) is 1.64. The molecular weight excluding hydrogens is 503 g/mol. The number of hydrogen-bond acceptors (Lipinski definition) is 4. The minimum absolute atomic E-state index is 0.0249. The monoisotopic (exact) mass is 517 g/mol. The number of anilines is 3. The van der Waals surface area contributed by atoms with Crippen molar-refractivity contribution in [1.82, 2.24) is 0 Å². The van der Waals surface area contributed by atoms with Crippen LogP contribution in [0.5, 0.6) is 0 Å². The molecule has 2 fully saturated rings. The van der Waals surface area contributed by atoms with Crippen LogP contribution in [-0.2, 0) is 14.3 Å². The van der Waals surface area contributed by atoms with Gasteiger partial charge in [-0.05, 0) is 43.7 Å². The molecule has 1 saturated heterocycles. The van der Waals surface area contributed by atoms with E-state index in [4.69, 9.17) is 39.5 Å². The first-order valence-corrected chi connectivity index (χ1v) is 10.8. The smallest absolute Gasteiger partial charge is 0.257 e. The summed E-state index contributed by atoms with van der Waals surface area (Å²) in [4.78, 5) is 36.9. The molecule has 3 N–H and O–H groups in total. The molecule has 0 spiro atoms. The van der Waals surface area contributed by atoms with Crippen molar-refractivity contribution in [2.45, 2.75) is 29.9 Å². The number of amides is 3. The molecule has 0 aromatic heterocycles. The maximum Gasteiger partial charge on any atom is 0.257 e. The largest absolute Gasteiger partial charge is 0.359 e. The third-order valence-corrected chi connectivity index (χ3v) is 6.34. The molecule has 33 heavy (non-hydrogen) atoms. The summed E-state index contributed by atoms with van der Waals surface area (Å²) in [5.41, 5.74) is -0.943. The van der Waals surface area contributed by atoms with E-state index in [0.29, 0.717) is 6.42 Å². The Labute approximate surface area is 201 Å². The van der Waals surface area contributed by atoms with E-state index < -0.39 is 51.4 Å². The number of carbonyl (C=O) groups is 3. The molecule has 1 aliphatic heterocycles. The van der Waals surface area contributed by atoms with Gasteiger partial charge in [-0.1, -0.05) is 11.6 Å². The summed E-state index contributed by atoms with van der Waals surface area (Å²) in [6, 6.07) is 6.03.